The van der Waals surface area contributed by atoms with Crippen LogP contribution in [-0.4, -0.2) is 43.3 Å². The van der Waals surface area contributed by atoms with Crippen molar-refractivity contribution in [3.05, 3.63) is 65.7 Å². The molecule has 0 radical (unpaired) electrons. The molecular weight excluding hydrogens is 372 g/mol. The Kier molecular flexibility index (Phi) is 4.85. The molecule has 138 valence electrons. The fourth-order valence-electron chi connectivity index (χ4n) is 2.89. The van der Waals surface area contributed by atoms with E-state index in [9.17, 15) is 13.6 Å². The molecule has 0 aliphatic carbocycles. The predicted octanol–water partition coefficient (Wildman–Crippen LogP) is 2.89. The summed E-state index contributed by atoms with van der Waals surface area (Å²) < 4.78 is 27.1. The Morgan fingerprint density at radius 3 is 2.70 bits per heavy atom. The second-order valence-electron chi connectivity index (χ2n) is 5.98. The first-order valence-corrected chi connectivity index (χ1v) is 9.36. The highest BCUT2D eigenvalue weighted by Crippen LogP contribution is 2.38. The van der Waals surface area contributed by atoms with Gasteiger partial charge in [0.2, 0.25) is 11.7 Å². The van der Waals surface area contributed by atoms with Gasteiger partial charge in [0.1, 0.15) is 23.6 Å². The molecule has 6 nitrogen and oxygen atoms in total. The number of hydrogen-bond donors (Lipinski definition) is 0. The van der Waals surface area contributed by atoms with E-state index >= 15 is 0 Å². The Morgan fingerprint density at radius 1 is 1.15 bits per heavy atom. The summed E-state index contributed by atoms with van der Waals surface area (Å²) in [5.74, 6) is 0.149. The number of amides is 1. The number of carbonyl (C=O) groups is 1. The Bertz CT molecular complexity index is 962. The molecule has 1 fully saturated rings. The van der Waals surface area contributed by atoms with Crippen molar-refractivity contribution in [2.24, 2.45) is 0 Å². The van der Waals surface area contributed by atoms with Crippen LogP contribution in [0.1, 0.15) is 10.9 Å². The van der Waals surface area contributed by atoms with Gasteiger partial charge in [0.05, 0.1) is 0 Å². The summed E-state index contributed by atoms with van der Waals surface area (Å²) >= 11 is 1.52. The van der Waals surface area contributed by atoms with Gasteiger partial charge in [0.15, 0.2) is 0 Å². The lowest BCUT2D eigenvalue weighted by molar-refractivity contribution is -0.132. The summed E-state index contributed by atoms with van der Waals surface area (Å²) in [7, 11) is 0. The van der Waals surface area contributed by atoms with Crippen LogP contribution in [0.3, 0.4) is 0 Å². The molecule has 3 aromatic rings. The summed E-state index contributed by atoms with van der Waals surface area (Å²) in [5, 5.41) is 11.6. The molecule has 2 heterocycles. The molecule has 1 amide bonds. The predicted molar refractivity (Wildman–Crippen MR) is 96.5 cm³/mol. The zero-order valence-corrected chi connectivity index (χ0v) is 14.9. The third kappa shape index (κ3) is 3.68. The molecule has 4 rings (SSSR count). The van der Waals surface area contributed by atoms with E-state index in [-0.39, 0.29) is 29.5 Å². The fourth-order valence-corrected chi connectivity index (χ4v) is 4.19. The second-order valence-corrected chi connectivity index (χ2v) is 7.17. The van der Waals surface area contributed by atoms with Gasteiger partial charge in [0.25, 0.3) is 0 Å². The first-order valence-electron chi connectivity index (χ1n) is 8.31. The molecule has 0 bridgehead atoms. The summed E-state index contributed by atoms with van der Waals surface area (Å²) in [6.07, 6.45) is 0. The number of benzene rings is 2. The van der Waals surface area contributed by atoms with Gasteiger partial charge in [-0.3, -0.25) is 4.79 Å². The van der Waals surface area contributed by atoms with Crippen LogP contribution in [0.25, 0.3) is 11.4 Å². The van der Waals surface area contributed by atoms with Gasteiger partial charge in [-0.05, 0) is 35.5 Å². The van der Waals surface area contributed by atoms with E-state index in [1.165, 1.54) is 34.8 Å². The molecule has 2 aromatic carbocycles. The second kappa shape index (κ2) is 7.43. The number of aromatic nitrogens is 4. The normalized spacial score (nSPS) is 16.7. The van der Waals surface area contributed by atoms with E-state index in [4.69, 9.17) is 0 Å². The molecule has 0 saturated carbocycles. The van der Waals surface area contributed by atoms with E-state index in [0.29, 0.717) is 23.5 Å². The minimum absolute atomic E-state index is 0.0975. The Balaban J connectivity index is 1.49. The number of rotatable bonds is 4. The highest BCUT2D eigenvalue weighted by atomic mass is 32.2. The molecule has 0 spiro atoms. The average Bonchev–Trinajstić information content (AvgIpc) is 3.32. The third-order valence-electron chi connectivity index (χ3n) is 4.21. The molecule has 1 aliphatic rings. The number of hydrogen-bond acceptors (Lipinski definition) is 5. The third-order valence-corrected chi connectivity index (χ3v) is 5.46. The van der Waals surface area contributed by atoms with Crippen molar-refractivity contribution in [1.29, 1.82) is 0 Å². The highest BCUT2D eigenvalue weighted by Gasteiger charge is 2.32. The highest BCUT2D eigenvalue weighted by molar-refractivity contribution is 7.99. The van der Waals surface area contributed by atoms with Crippen LogP contribution in [-0.2, 0) is 11.3 Å². The maximum atomic E-state index is 14.1. The minimum Gasteiger partial charge on any atom is -0.324 e. The number of tetrazole rings is 1. The van der Waals surface area contributed by atoms with E-state index in [1.54, 1.807) is 35.2 Å². The number of thioether (sulfide) groups is 1. The van der Waals surface area contributed by atoms with Crippen LogP contribution in [0, 0.1) is 11.6 Å². The first kappa shape index (κ1) is 17.6. The summed E-state index contributed by atoms with van der Waals surface area (Å²) in [6, 6.07) is 12.2. The Labute approximate surface area is 158 Å². The van der Waals surface area contributed by atoms with Gasteiger partial charge in [-0.2, -0.15) is 4.80 Å². The van der Waals surface area contributed by atoms with E-state index in [2.05, 4.69) is 15.4 Å². The maximum Gasteiger partial charge on any atom is 0.247 e. The van der Waals surface area contributed by atoms with Crippen LogP contribution in [0.4, 0.5) is 8.78 Å². The van der Waals surface area contributed by atoms with Crippen LogP contribution in [0.5, 0.6) is 0 Å². The first-order chi connectivity index (χ1) is 13.1. The van der Waals surface area contributed by atoms with Gasteiger partial charge in [-0.25, -0.2) is 8.78 Å². The van der Waals surface area contributed by atoms with Gasteiger partial charge in [0, 0.05) is 23.4 Å². The lowest BCUT2D eigenvalue weighted by Gasteiger charge is -2.24. The van der Waals surface area contributed by atoms with Gasteiger partial charge in [-0.1, -0.05) is 18.2 Å². The number of nitrogens with zero attached hydrogens (tertiary/aromatic N) is 5. The summed E-state index contributed by atoms with van der Waals surface area (Å²) in [5.41, 5.74) is 1.10. The van der Waals surface area contributed by atoms with Crippen molar-refractivity contribution in [2.45, 2.75) is 11.9 Å². The Hall–Kier alpha value is -2.81. The molecule has 1 unspecified atom stereocenters. The van der Waals surface area contributed by atoms with Crippen LogP contribution in [0.15, 0.2) is 48.5 Å². The van der Waals surface area contributed by atoms with Gasteiger partial charge < -0.3 is 4.90 Å². The summed E-state index contributed by atoms with van der Waals surface area (Å²) in [6.45, 7) is 0.432. The Morgan fingerprint density at radius 2 is 1.93 bits per heavy atom. The zero-order chi connectivity index (χ0) is 18.8. The van der Waals surface area contributed by atoms with Crippen molar-refractivity contribution >= 4 is 17.7 Å². The smallest absolute Gasteiger partial charge is 0.247 e. The lowest BCUT2D eigenvalue weighted by atomic mass is 10.2. The quantitative estimate of drug-likeness (QED) is 0.689. The maximum absolute atomic E-state index is 14.1. The van der Waals surface area contributed by atoms with Crippen LogP contribution >= 0.6 is 11.8 Å². The molecule has 0 N–H and O–H groups in total. The zero-order valence-electron chi connectivity index (χ0n) is 14.1. The molecule has 1 aromatic heterocycles. The standard InChI is InChI=1S/C18H15F2N5OS/c19-13-7-5-12(6-8-13)17-21-23-25(22-17)11-16(26)24-9-10-27-18(24)14-3-1-2-4-15(14)20/h1-8,18H,9-11H2. The molecule has 1 aliphatic heterocycles. The van der Waals surface area contributed by atoms with Crippen molar-refractivity contribution in [3.8, 4) is 11.4 Å². The molecule has 1 atom stereocenters. The van der Waals surface area contributed by atoms with Crippen molar-refractivity contribution in [2.75, 3.05) is 12.3 Å². The SMILES string of the molecule is O=C(Cn1nnc(-c2ccc(F)cc2)n1)N1CCSC1c1ccccc1F. The van der Waals surface area contributed by atoms with Crippen molar-refractivity contribution in [3.63, 3.8) is 0 Å². The number of halogens is 2. The summed E-state index contributed by atoms with van der Waals surface area (Å²) in [4.78, 5) is 15.5. The largest absolute Gasteiger partial charge is 0.324 e. The fraction of sp³-hybridized carbons (Fsp3) is 0.222. The van der Waals surface area contributed by atoms with E-state index in [1.807, 2.05) is 0 Å². The molecule has 27 heavy (non-hydrogen) atoms. The van der Waals surface area contributed by atoms with Crippen molar-refractivity contribution in [1.82, 2.24) is 25.1 Å². The van der Waals surface area contributed by atoms with Gasteiger partial charge >= 0.3 is 0 Å². The monoisotopic (exact) mass is 387 g/mol. The topological polar surface area (TPSA) is 63.9 Å². The van der Waals surface area contributed by atoms with E-state index in [0.717, 1.165) is 5.75 Å². The van der Waals surface area contributed by atoms with Crippen LogP contribution < -0.4 is 0 Å². The molecule has 1 saturated heterocycles. The van der Waals surface area contributed by atoms with Gasteiger partial charge in [-0.15, -0.1) is 22.0 Å². The number of carbonyl (C=O) groups excluding carboxylic acids is 1. The van der Waals surface area contributed by atoms with Crippen LogP contribution in [0.2, 0.25) is 0 Å². The molecule has 9 heteroatoms. The lowest BCUT2D eigenvalue weighted by Crippen LogP contribution is -2.34. The molecular formula is C18H15F2N5OS. The van der Waals surface area contributed by atoms with E-state index < -0.39 is 0 Å². The average molecular weight is 387 g/mol. The minimum atomic E-state index is -0.362. The van der Waals surface area contributed by atoms with Crippen molar-refractivity contribution < 1.29 is 13.6 Å².